The Bertz CT molecular complexity index is 2040. The van der Waals surface area contributed by atoms with Crippen LogP contribution in [0.3, 0.4) is 0 Å². The normalized spacial score (nSPS) is 35.2. The molecule has 14 nitrogen and oxygen atoms in total. The van der Waals surface area contributed by atoms with E-state index < -0.39 is 57.7 Å². The van der Waals surface area contributed by atoms with E-state index in [0.29, 0.717) is 62.1 Å². The first kappa shape index (κ1) is 52.9. The third-order valence-corrected chi connectivity index (χ3v) is 24.2. The molecule has 2 saturated heterocycles. The van der Waals surface area contributed by atoms with Crippen molar-refractivity contribution in [2.75, 3.05) is 33.5 Å². The predicted octanol–water partition coefficient (Wildman–Crippen LogP) is 10.8. The third kappa shape index (κ3) is 11.4. The summed E-state index contributed by atoms with van der Waals surface area (Å²) in [6.45, 7) is 19.9. The topological polar surface area (TPSA) is 170 Å². The third-order valence-electron chi connectivity index (χ3n) is 18.1. The number of nitriles is 1. The molecular formula is C51H84N3O11PSi. The van der Waals surface area contributed by atoms with Gasteiger partial charge in [-0.1, -0.05) is 86.3 Å². The number of aromatic nitrogens is 2. The molecule has 0 aromatic carbocycles. The minimum atomic E-state index is -4.29. The molecule has 5 fully saturated rings. The van der Waals surface area contributed by atoms with Crippen molar-refractivity contribution in [3.8, 4) is 6.07 Å². The fraction of sp³-hybridized carbons (Fsp3) is 0.863. The van der Waals surface area contributed by atoms with Crippen molar-refractivity contribution in [1.82, 2.24) is 9.55 Å². The Hall–Kier alpha value is -1.96. The zero-order valence-corrected chi connectivity index (χ0v) is 44.2. The van der Waals surface area contributed by atoms with E-state index in [2.05, 4.69) is 72.5 Å². The smallest absolute Gasteiger partial charge is 0.410 e. The molecule has 16 heteroatoms. The van der Waals surface area contributed by atoms with Gasteiger partial charge in [0.1, 0.15) is 12.3 Å². The van der Waals surface area contributed by atoms with Crippen molar-refractivity contribution in [2.45, 2.75) is 200 Å². The number of nitrogens with one attached hydrogen (secondary N) is 1. The minimum Gasteiger partial charge on any atom is -0.410 e. The lowest BCUT2D eigenvalue weighted by Gasteiger charge is -2.61. The number of rotatable bonds is 22. The van der Waals surface area contributed by atoms with Gasteiger partial charge in [-0.25, -0.2) is 9.36 Å². The summed E-state index contributed by atoms with van der Waals surface area (Å²) in [5, 5.41) is 9.46. The fourth-order valence-electron chi connectivity index (χ4n) is 13.9. The minimum absolute atomic E-state index is 0.00355. The van der Waals surface area contributed by atoms with Crippen molar-refractivity contribution >= 4 is 16.1 Å². The first-order valence-corrected chi connectivity index (χ1v) is 30.1. The molecule has 4 aliphatic carbocycles. The molecule has 13 atom stereocenters. The molecule has 3 heterocycles. The summed E-state index contributed by atoms with van der Waals surface area (Å²) in [6, 6.07) is 6.63. The molecule has 0 radical (unpaired) electrons. The lowest BCUT2D eigenvalue weighted by Crippen LogP contribution is -2.57. The number of fused-ring (bicyclic) bond motifs is 5. The summed E-state index contributed by atoms with van der Waals surface area (Å²) in [5.74, 6) is 2.83. The summed E-state index contributed by atoms with van der Waals surface area (Å²) in [5.41, 5.74) is 0.470. The van der Waals surface area contributed by atoms with Crippen LogP contribution in [0.15, 0.2) is 33.5 Å². The Morgan fingerprint density at radius 1 is 0.985 bits per heavy atom. The average molecular weight is 974 g/mol. The SMILES string of the molecule is CC[Si](CC)(CC)O[C@H]1C=C2C[C@@H](OP(=O)(OCCC#N)OC[C@H]3O[C@@H](n4ccc(=O)[nH]c4=O)C[C@@H]3OC3(OC)CCOCC3)CC[C@]2(C)[C@H]2CC[C@]3(C)[C@@H]([C@H](C)CCCC(C)C)CC[C@H]3[C@H]12. The van der Waals surface area contributed by atoms with Gasteiger partial charge in [0.05, 0.1) is 57.2 Å². The maximum Gasteiger partial charge on any atom is 0.475 e. The first-order chi connectivity index (χ1) is 32.0. The van der Waals surface area contributed by atoms with Gasteiger partial charge in [0.15, 0.2) is 14.1 Å². The van der Waals surface area contributed by atoms with Crippen LogP contribution in [0.4, 0.5) is 0 Å². The molecule has 1 unspecified atom stereocenters. The van der Waals surface area contributed by atoms with Crippen LogP contribution < -0.4 is 11.2 Å². The molecule has 1 aromatic heterocycles. The zero-order valence-electron chi connectivity index (χ0n) is 42.3. The molecular weight excluding hydrogens is 890 g/mol. The van der Waals surface area contributed by atoms with Gasteiger partial charge in [-0.15, -0.1) is 0 Å². The van der Waals surface area contributed by atoms with E-state index in [1.54, 1.807) is 7.11 Å². The zero-order chi connectivity index (χ0) is 48.2. The number of phosphoric acid groups is 1. The highest BCUT2D eigenvalue weighted by Gasteiger charge is 2.62. The molecule has 0 amide bonds. The molecule has 378 valence electrons. The monoisotopic (exact) mass is 974 g/mol. The maximum absolute atomic E-state index is 14.9. The van der Waals surface area contributed by atoms with Crippen LogP contribution >= 0.6 is 7.82 Å². The van der Waals surface area contributed by atoms with Crippen LogP contribution in [0.2, 0.25) is 18.1 Å². The van der Waals surface area contributed by atoms with Gasteiger partial charge in [-0.2, -0.15) is 5.26 Å². The van der Waals surface area contributed by atoms with Gasteiger partial charge in [0.25, 0.3) is 5.56 Å². The second kappa shape index (κ2) is 22.2. The maximum atomic E-state index is 14.9. The van der Waals surface area contributed by atoms with Crippen LogP contribution in [0.1, 0.15) is 152 Å². The Morgan fingerprint density at radius 3 is 2.40 bits per heavy atom. The Morgan fingerprint density at radius 2 is 1.73 bits per heavy atom. The fourth-order valence-corrected chi connectivity index (χ4v) is 18.1. The lowest BCUT2D eigenvalue weighted by atomic mass is 9.46. The van der Waals surface area contributed by atoms with Gasteiger partial charge < -0.3 is 23.4 Å². The number of H-pyrrole nitrogens is 1. The van der Waals surface area contributed by atoms with E-state index in [4.69, 9.17) is 36.9 Å². The molecule has 2 aliphatic heterocycles. The summed E-state index contributed by atoms with van der Waals surface area (Å²) >= 11 is 0. The lowest BCUT2D eigenvalue weighted by molar-refractivity contribution is -0.281. The predicted molar refractivity (Wildman–Crippen MR) is 260 cm³/mol. The molecule has 67 heavy (non-hydrogen) atoms. The van der Waals surface area contributed by atoms with Crippen LogP contribution in [-0.2, 0) is 41.5 Å². The van der Waals surface area contributed by atoms with Gasteiger partial charge in [0, 0.05) is 38.6 Å². The molecule has 1 aromatic rings. The van der Waals surface area contributed by atoms with Crippen LogP contribution in [-0.4, -0.2) is 81.6 Å². The van der Waals surface area contributed by atoms with Crippen molar-refractivity contribution in [3.63, 3.8) is 0 Å². The van der Waals surface area contributed by atoms with Crippen LogP contribution in [0.25, 0.3) is 0 Å². The standard InChI is InChI=1S/C51H84N3O11PSi/c1-10-67(11-2,12-3)65-43-32-37-31-38(19-22-49(37,7)41-20-23-50(8)39(17-18-40(50)47(41)43)36(6)16-13-15-35(4)5)64-66(57,60-28-14-26-52)61-34-44-42(63-51(58-9)24-29-59-30-25-51)33-46(62-44)54-27-21-45(55)53-48(54)56/h21,27,32,35-36,38-44,46-47H,10-20,22-25,28-31,33-34H2,1-9H3,(H,53,55,56)/t36-,38+,39-,40+,41+,42+,43+,44-,46-,47+,49+,50-,66?/m1/s1. The summed E-state index contributed by atoms with van der Waals surface area (Å²) in [6.07, 6.45) is 13.5. The first-order valence-electron chi connectivity index (χ1n) is 26.1. The largest absolute Gasteiger partial charge is 0.475 e. The second-order valence-electron chi connectivity index (χ2n) is 22.0. The average Bonchev–Trinajstić information content (AvgIpc) is 3.88. The van der Waals surface area contributed by atoms with Gasteiger partial charge in [-0.05, 0) is 109 Å². The number of nitrogens with zero attached hydrogens (tertiary/aromatic N) is 2. The number of methoxy groups -OCH3 is 1. The molecule has 7 rings (SSSR count). The highest BCUT2D eigenvalue weighted by molar-refractivity contribution is 7.48. The van der Waals surface area contributed by atoms with E-state index in [1.165, 1.54) is 67.3 Å². The second-order valence-corrected chi connectivity index (χ2v) is 28.3. The Balaban J connectivity index is 1.13. The summed E-state index contributed by atoms with van der Waals surface area (Å²) in [4.78, 5) is 27.1. The van der Waals surface area contributed by atoms with Gasteiger partial charge >= 0.3 is 13.5 Å². The Labute approximate surface area is 401 Å². The summed E-state index contributed by atoms with van der Waals surface area (Å²) < 4.78 is 67.2. The highest BCUT2D eigenvalue weighted by Crippen LogP contribution is 2.68. The number of hydrogen-bond acceptors (Lipinski definition) is 12. The van der Waals surface area contributed by atoms with Crippen LogP contribution in [0, 0.1) is 57.7 Å². The molecule has 0 spiro atoms. The number of hydrogen-bond donors (Lipinski definition) is 1. The van der Waals surface area contributed by atoms with E-state index in [9.17, 15) is 19.4 Å². The van der Waals surface area contributed by atoms with Crippen molar-refractivity contribution in [3.05, 3.63) is 44.8 Å². The molecule has 3 saturated carbocycles. The molecule has 1 N–H and O–H groups in total. The number of ether oxygens (including phenoxy) is 4. The van der Waals surface area contributed by atoms with Gasteiger partial charge in [0.2, 0.25) is 0 Å². The molecule has 6 aliphatic rings. The quantitative estimate of drug-likeness (QED) is 0.0384. The van der Waals surface area contributed by atoms with Crippen molar-refractivity contribution in [2.24, 2.45) is 46.3 Å². The number of phosphoric ester groups is 1. The van der Waals surface area contributed by atoms with Gasteiger partial charge in [-0.3, -0.25) is 27.9 Å². The summed E-state index contributed by atoms with van der Waals surface area (Å²) in [7, 11) is -4.71. The molecule has 0 bridgehead atoms. The number of aromatic amines is 1. The van der Waals surface area contributed by atoms with Crippen molar-refractivity contribution < 1.29 is 41.5 Å². The highest BCUT2D eigenvalue weighted by atomic mass is 31.2. The van der Waals surface area contributed by atoms with E-state index >= 15 is 0 Å². The van der Waals surface area contributed by atoms with E-state index in [1.807, 2.05) is 0 Å². The van der Waals surface area contributed by atoms with E-state index in [-0.39, 0.29) is 37.6 Å². The van der Waals surface area contributed by atoms with Crippen molar-refractivity contribution in [1.29, 1.82) is 5.26 Å². The van der Waals surface area contributed by atoms with E-state index in [0.717, 1.165) is 42.3 Å². The van der Waals surface area contributed by atoms with Crippen LogP contribution in [0.5, 0.6) is 0 Å². The Kier molecular flexibility index (Phi) is 17.5.